The van der Waals surface area contributed by atoms with E-state index in [0.29, 0.717) is 10.2 Å². The van der Waals surface area contributed by atoms with Gasteiger partial charge in [-0.25, -0.2) is 0 Å². The van der Waals surface area contributed by atoms with Gasteiger partial charge in [0.2, 0.25) is 0 Å². The lowest BCUT2D eigenvalue weighted by molar-refractivity contribution is 0.488. The smallest absolute Gasteiger partial charge is 0.348 e. The average molecular weight is 334 g/mol. The highest BCUT2D eigenvalue weighted by molar-refractivity contribution is 9.10. The van der Waals surface area contributed by atoms with Crippen molar-refractivity contribution in [2.75, 3.05) is 5.73 Å². The quantitative estimate of drug-likeness (QED) is 0.692. The Bertz CT molecular complexity index is 623. The Balaban J connectivity index is 2.30. The lowest BCUT2D eigenvalue weighted by Crippen LogP contribution is -2.08. The van der Waals surface area contributed by atoms with Gasteiger partial charge in [0, 0.05) is 10.2 Å². The van der Waals surface area contributed by atoms with Gasteiger partial charge in [-0.1, -0.05) is 6.07 Å². The largest absolute Gasteiger partial charge is 0.398 e. The van der Waals surface area contributed by atoms with Crippen LogP contribution in [0.15, 0.2) is 44.4 Å². The molecule has 0 saturated heterocycles. The molecule has 0 fully saturated rings. The van der Waals surface area contributed by atoms with Crippen molar-refractivity contribution in [3.8, 4) is 5.75 Å². The number of hydrogen-bond donors (Lipinski definition) is 1. The van der Waals surface area contributed by atoms with E-state index in [1.54, 1.807) is 17.5 Å². The second-order valence-electron chi connectivity index (χ2n) is 3.15. The molecule has 1 aromatic carbocycles. The van der Waals surface area contributed by atoms with Crippen molar-refractivity contribution < 1.29 is 12.6 Å². The van der Waals surface area contributed by atoms with Crippen LogP contribution in [0.4, 0.5) is 5.69 Å². The summed E-state index contributed by atoms with van der Waals surface area (Å²) in [5.74, 6) is 0.222. The zero-order valence-electron chi connectivity index (χ0n) is 8.46. The van der Waals surface area contributed by atoms with Gasteiger partial charge >= 0.3 is 10.1 Å². The number of anilines is 1. The van der Waals surface area contributed by atoms with E-state index in [0.717, 1.165) is 11.3 Å². The number of nitrogens with two attached hydrogens (primary N) is 1. The summed E-state index contributed by atoms with van der Waals surface area (Å²) in [7, 11) is -3.74. The SMILES string of the molecule is Nc1ccc(OS(=O)(=O)c2cccs2)cc1Br. The normalized spacial score (nSPS) is 11.4. The molecule has 2 N–H and O–H groups in total. The van der Waals surface area contributed by atoms with Crippen molar-refractivity contribution >= 4 is 43.1 Å². The molecule has 0 bridgehead atoms. The van der Waals surface area contributed by atoms with Gasteiger partial charge in [-0.15, -0.1) is 11.3 Å². The molecule has 0 aliphatic rings. The number of thiophene rings is 1. The maximum atomic E-state index is 11.8. The zero-order valence-corrected chi connectivity index (χ0v) is 11.7. The number of rotatable bonds is 3. The molecule has 0 amide bonds. The van der Waals surface area contributed by atoms with Crippen molar-refractivity contribution in [3.63, 3.8) is 0 Å². The fourth-order valence-corrected chi connectivity index (χ4v) is 3.36. The molecule has 0 atom stereocenters. The molecule has 90 valence electrons. The minimum absolute atomic E-state index is 0.172. The van der Waals surface area contributed by atoms with Crippen LogP contribution in [0.2, 0.25) is 0 Å². The highest BCUT2D eigenvalue weighted by atomic mass is 79.9. The van der Waals surface area contributed by atoms with Gasteiger partial charge < -0.3 is 9.92 Å². The first-order valence-electron chi connectivity index (χ1n) is 4.52. The molecule has 0 aliphatic heterocycles. The Morgan fingerprint density at radius 3 is 2.65 bits per heavy atom. The summed E-state index contributed by atoms with van der Waals surface area (Å²) in [5, 5.41) is 1.68. The topological polar surface area (TPSA) is 69.4 Å². The summed E-state index contributed by atoms with van der Waals surface area (Å²) >= 11 is 4.31. The molecule has 0 spiro atoms. The molecule has 2 rings (SSSR count). The fourth-order valence-electron chi connectivity index (χ4n) is 1.13. The average Bonchev–Trinajstić information content (AvgIpc) is 2.77. The van der Waals surface area contributed by atoms with Crippen LogP contribution in [0.25, 0.3) is 0 Å². The summed E-state index contributed by atoms with van der Waals surface area (Å²) < 4.78 is 29.3. The number of nitrogen functional groups attached to an aromatic ring is 1. The van der Waals surface area contributed by atoms with Gasteiger partial charge in [0.1, 0.15) is 5.75 Å². The standard InChI is InChI=1S/C10H8BrNO3S2/c11-8-6-7(3-4-9(8)12)15-17(13,14)10-2-1-5-16-10/h1-6H,12H2. The van der Waals surface area contributed by atoms with Crippen LogP contribution in [-0.4, -0.2) is 8.42 Å². The molecule has 1 aromatic heterocycles. The third kappa shape index (κ3) is 2.80. The van der Waals surface area contributed by atoms with Crippen LogP contribution in [0.1, 0.15) is 0 Å². The van der Waals surface area contributed by atoms with E-state index < -0.39 is 10.1 Å². The van der Waals surface area contributed by atoms with E-state index in [1.165, 1.54) is 18.2 Å². The maximum Gasteiger partial charge on any atom is 0.348 e. The van der Waals surface area contributed by atoms with E-state index in [1.807, 2.05) is 0 Å². The first-order chi connectivity index (χ1) is 7.99. The van der Waals surface area contributed by atoms with Crippen LogP contribution in [-0.2, 0) is 10.1 Å². The second-order valence-corrected chi connectivity index (χ2v) is 6.73. The predicted octanol–water partition coefficient (Wildman–Crippen LogP) is 2.86. The number of halogens is 1. The van der Waals surface area contributed by atoms with Gasteiger partial charge in [0.25, 0.3) is 0 Å². The molecule has 2 aromatic rings. The van der Waals surface area contributed by atoms with Crippen LogP contribution in [0.5, 0.6) is 5.75 Å². The van der Waals surface area contributed by atoms with Gasteiger partial charge in [0.15, 0.2) is 4.21 Å². The number of benzene rings is 1. The van der Waals surface area contributed by atoms with Gasteiger partial charge in [-0.2, -0.15) is 8.42 Å². The third-order valence-corrected chi connectivity index (χ3v) is 5.21. The van der Waals surface area contributed by atoms with Gasteiger partial charge in [-0.3, -0.25) is 0 Å². The Kier molecular flexibility index (Phi) is 3.41. The van der Waals surface area contributed by atoms with E-state index in [4.69, 9.17) is 9.92 Å². The van der Waals surface area contributed by atoms with Crippen molar-refractivity contribution in [2.45, 2.75) is 4.21 Å². The van der Waals surface area contributed by atoms with E-state index in [2.05, 4.69) is 15.9 Å². The van der Waals surface area contributed by atoms with Crippen LogP contribution in [0.3, 0.4) is 0 Å². The number of hydrogen-bond acceptors (Lipinski definition) is 5. The lowest BCUT2D eigenvalue weighted by Gasteiger charge is -2.06. The molecule has 4 nitrogen and oxygen atoms in total. The maximum absolute atomic E-state index is 11.8. The highest BCUT2D eigenvalue weighted by Gasteiger charge is 2.17. The van der Waals surface area contributed by atoms with Crippen molar-refractivity contribution in [3.05, 3.63) is 40.2 Å². The van der Waals surface area contributed by atoms with E-state index >= 15 is 0 Å². The minimum Gasteiger partial charge on any atom is -0.398 e. The molecular weight excluding hydrogens is 326 g/mol. The first-order valence-corrected chi connectivity index (χ1v) is 7.60. The zero-order chi connectivity index (χ0) is 12.5. The molecule has 1 heterocycles. The third-order valence-electron chi connectivity index (χ3n) is 1.92. The first kappa shape index (κ1) is 12.4. The second kappa shape index (κ2) is 4.67. The van der Waals surface area contributed by atoms with Crippen LogP contribution < -0.4 is 9.92 Å². The summed E-state index contributed by atoms with van der Waals surface area (Å²) in [6.07, 6.45) is 0. The van der Waals surface area contributed by atoms with Crippen LogP contribution in [0, 0.1) is 0 Å². The predicted molar refractivity (Wildman–Crippen MR) is 70.7 cm³/mol. The van der Waals surface area contributed by atoms with Crippen LogP contribution >= 0.6 is 27.3 Å². The Morgan fingerprint density at radius 1 is 1.29 bits per heavy atom. The van der Waals surface area contributed by atoms with Gasteiger partial charge in [-0.05, 0) is 45.6 Å². The lowest BCUT2D eigenvalue weighted by atomic mass is 10.3. The van der Waals surface area contributed by atoms with Crippen molar-refractivity contribution in [2.24, 2.45) is 0 Å². The summed E-state index contributed by atoms with van der Waals surface area (Å²) in [6, 6.07) is 7.74. The summed E-state index contributed by atoms with van der Waals surface area (Å²) in [6.45, 7) is 0. The molecule has 7 heteroatoms. The fraction of sp³-hybridized carbons (Fsp3) is 0. The molecule has 0 saturated carbocycles. The Labute approximate surface area is 111 Å². The molecule has 0 radical (unpaired) electrons. The monoisotopic (exact) mass is 333 g/mol. The van der Waals surface area contributed by atoms with E-state index in [9.17, 15) is 8.42 Å². The summed E-state index contributed by atoms with van der Waals surface area (Å²) in [5.41, 5.74) is 6.12. The highest BCUT2D eigenvalue weighted by Crippen LogP contribution is 2.27. The molecular formula is C10H8BrNO3S2. The summed E-state index contributed by atoms with van der Waals surface area (Å²) in [4.78, 5) is 0. The Hall–Kier alpha value is -1.05. The molecule has 17 heavy (non-hydrogen) atoms. The Morgan fingerprint density at radius 2 is 2.06 bits per heavy atom. The van der Waals surface area contributed by atoms with Gasteiger partial charge in [0.05, 0.1) is 0 Å². The van der Waals surface area contributed by atoms with Crippen molar-refractivity contribution in [1.29, 1.82) is 0 Å². The van der Waals surface area contributed by atoms with E-state index in [-0.39, 0.29) is 9.96 Å². The minimum atomic E-state index is -3.74. The van der Waals surface area contributed by atoms with Crippen molar-refractivity contribution in [1.82, 2.24) is 0 Å². The molecule has 0 unspecified atom stereocenters. The molecule has 0 aliphatic carbocycles.